The maximum atomic E-state index is 10.2. The van der Waals surface area contributed by atoms with E-state index in [1.807, 2.05) is 12.1 Å². The van der Waals surface area contributed by atoms with Gasteiger partial charge in [0.05, 0.1) is 0 Å². The number of aliphatic hydroxyl groups is 1. The molecule has 1 rings (SSSR count). The Morgan fingerprint density at radius 2 is 1.50 bits per heavy atom. The Kier molecular flexibility index (Phi) is 6.89. The van der Waals surface area contributed by atoms with Crippen LogP contribution in [-0.4, -0.2) is 29.9 Å². The van der Waals surface area contributed by atoms with Crippen molar-refractivity contribution < 1.29 is 9.84 Å². The average Bonchev–Trinajstić information content (AvgIpc) is 2.40. The van der Waals surface area contributed by atoms with E-state index in [4.69, 9.17) is 4.74 Å². The highest BCUT2D eigenvalue weighted by Crippen LogP contribution is 2.27. The number of β-amino-alcohol motifs (C(OH)–C–C–N with tert-alkyl or cyclic N) is 1. The van der Waals surface area contributed by atoms with E-state index in [2.05, 4.69) is 72.8 Å². The molecule has 0 unspecified atom stereocenters. The van der Waals surface area contributed by atoms with Gasteiger partial charge in [0.25, 0.3) is 0 Å². The molecule has 0 aromatic heterocycles. The van der Waals surface area contributed by atoms with E-state index < -0.39 is 6.10 Å². The Labute approximate surface area is 148 Å². The third-order valence-electron chi connectivity index (χ3n) is 3.95. The van der Waals surface area contributed by atoms with Crippen molar-refractivity contribution in [3.05, 3.63) is 29.8 Å². The van der Waals surface area contributed by atoms with Crippen LogP contribution in [0.15, 0.2) is 24.3 Å². The lowest BCUT2D eigenvalue weighted by atomic mass is 9.82. The van der Waals surface area contributed by atoms with Gasteiger partial charge in [-0.25, -0.2) is 0 Å². The van der Waals surface area contributed by atoms with E-state index in [9.17, 15) is 5.11 Å². The van der Waals surface area contributed by atoms with Crippen LogP contribution in [0.5, 0.6) is 5.75 Å². The quantitative estimate of drug-likeness (QED) is 0.769. The first-order valence-corrected chi connectivity index (χ1v) is 8.95. The molecule has 3 nitrogen and oxygen atoms in total. The third kappa shape index (κ3) is 8.16. The van der Waals surface area contributed by atoms with Crippen LogP contribution in [-0.2, 0) is 5.41 Å². The predicted octanol–water partition coefficient (Wildman–Crippen LogP) is 4.53. The van der Waals surface area contributed by atoms with Crippen molar-refractivity contribution in [2.45, 2.75) is 78.9 Å². The fraction of sp³-hybridized carbons (Fsp3) is 0.714. The number of hydrogen-bond donors (Lipinski definition) is 2. The van der Waals surface area contributed by atoms with Gasteiger partial charge in [-0.2, -0.15) is 0 Å². The summed E-state index contributed by atoms with van der Waals surface area (Å²) in [6.45, 7) is 18.5. The molecule has 2 N–H and O–H groups in total. The first kappa shape index (κ1) is 21.0. The molecule has 1 aromatic rings. The summed E-state index contributed by atoms with van der Waals surface area (Å²) in [7, 11) is 0. The van der Waals surface area contributed by atoms with Crippen molar-refractivity contribution in [2.24, 2.45) is 5.41 Å². The smallest absolute Gasteiger partial charge is 0.119 e. The van der Waals surface area contributed by atoms with Gasteiger partial charge in [0.15, 0.2) is 0 Å². The Bertz CT molecular complexity index is 492. The SMILES string of the molecule is CC(C)(C)CC(C)(C)NC[C@@H](O)COc1ccc(C(C)(C)C)cc1. The molecule has 0 fully saturated rings. The predicted molar refractivity (Wildman–Crippen MR) is 103 cm³/mol. The van der Waals surface area contributed by atoms with E-state index in [-0.39, 0.29) is 16.4 Å². The molecule has 3 heteroatoms. The highest BCUT2D eigenvalue weighted by Gasteiger charge is 2.25. The number of nitrogens with one attached hydrogen (secondary N) is 1. The largest absolute Gasteiger partial charge is 0.491 e. The Hall–Kier alpha value is -1.06. The van der Waals surface area contributed by atoms with Gasteiger partial charge >= 0.3 is 0 Å². The molecular formula is C21H37NO2. The third-order valence-corrected chi connectivity index (χ3v) is 3.95. The van der Waals surface area contributed by atoms with E-state index in [1.165, 1.54) is 5.56 Å². The molecule has 1 aromatic carbocycles. The summed E-state index contributed by atoms with van der Waals surface area (Å²) >= 11 is 0. The molecule has 0 aliphatic carbocycles. The summed E-state index contributed by atoms with van der Waals surface area (Å²) in [5, 5.41) is 13.6. The maximum absolute atomic E-state index is 10.2. The minimum atomic E-state index is -0.522. The van der Waals surface area contributed by atoms with E-state index in [1.54, 1.807) is 0 Å². The second kappa shape index (κ2) is 7.88. The lowest BCUT2D eigenvalue weighted by molar-refractivity contribution is 0.0944. The molecule has 0 heterocycles. The van der Waals surface area contributed by atoms with Crippen molar-refractivity contribution in [3.63, 3.8) is 0 Å². The minimum absolute atomic E-state index is 0.00636. The normalized spacial score (nSPS) is 14.5. The Morgan fingerprint density at radius 1 is 0.958 bits per heavy atom. The van der Waals surface area contributed by atoms with E-state index >= 15 is 0 Å². The summed E-state index contributed by atoms with van der Waals surface area (Å²) in [6, 6.07) is 8.13. The summed E-state index contributed by atoms with van der Waals surface area (Å²) in [4.78, 5) is 0. The van der Waals surface area contributed by atoms with Gasteiger partial charge in [0.2, 0.25) is 0 Å². The zero-order valence-corrected chi connectivity index (χ0v) is 16.9. The van der Waals surface area contributed by atoms with Crippen LogP contribution in [0, 0.1) is 5.41 Å². The molecule has 138 valence electrons. The first-order valence-electron chi connectivity index (χ1n) is 8.95. The molecule has 0 bridgehead atoms. The van der Waals surface area contributed by atoms with Gasteiger partial charge in [-0.05, 0) is 48.8 Å². The van der Waals surface area contributed by atoms with Crippen molar-refractivity contribution in [3.8, 4) is 5.75 Å². The second-order valence-corrected chi connectivity index (χ2v) is 9.74. The fourth-order valence-corrected chi connectivity index (χ4v) is 3.08. The van der Waals surface area contributed by atoms with Crippen LogP contribution in [0.1, 0.15) is 67.4 Å². The highest BCUT2D eigenvalue weighted by atomic mass is 16.5. The maximum Gasteiger partial charge on any atom is 0.119 e. The van der Waals surface area contributed by atoms with Gasteiger partial charge in [-0.3, -0.25) is 0 Å². The van der Waals surface area contributed by atoms with Gasteiger partial charge in [0, 0.05) is 12.1 Å². The second-order valence-electron chi connectivity index (χ2n) is 9.74. The summed E-state index contributed by atoms with van der Waals surface area (Å²) in [5.41, 5.74) is 1.67. The van der Waals surface area contributed by atoms with Crippen molar-refractivity contribution in [1.82, 2.24) is 5.32 Å². The van der Waals surface area contributed by atoms with Crippen LogP contribution in [0.2, 0.25) is 0 Å². The zero-order valence-electron chi connectivity index (χ0n) is 16.9. The van der Waals surface area contributed by atoms with Crippen molar-refractivity contribution >= 4 is 0 Å². The Morgan fingerprint density at radius 3 is 1.96 bits per heavy atom. The van der Waals surface area contributed by atoms with Gasteiger partial charge in [0.1, 0.15) is 18.5 Å². The number of aliphatic hydroxyl groups excluding tert-OH is 1. The standard InChI is InChI=1S/C21H37NO2/c1-19(2,3)15-21(7,8)22-13-17(23)14-24-18-11-9-16(10-12-18)20(4,5)6/h9-12,17,22-23H,13-15H2,1-8H3/t17-/m1/s1. The summed E-state index contributed by atoms with van der Waals surface area (Å²) < 4.78 is 5.71. The van der Waals surface area contributed by atoms with Crippen LogP contribution in [0.4, 0.5) is 0 Å². The van der Waals surface area contributed by atoms with Crippen LogP contribution >= 0.6 is 0 Å². The van der Waals surface area contributed by atoms with E-state index in [0.29, 0.717) is 13.2 Å². The topological polar surface area (TPSA) is 41.5 Å². The molecule has 0 amide bonds. The van der Waals surface area contributed by atoms with Gasteiger partial charge in [-0.15, -0.1) is 0 Å². The number of hydrogen-bond acceptors (Lipinski definition) is 3. The zero-order chi connectivity index (χ0) is 18.6. The number of ether oxygens (including phenoxy) is 1. The number of benzene rings is 1. The van der Waals surface area contributed by atoms with Crippen LogP contribution < -0.4 is 10.1 Å². The molecule has 0 spiro atoms. The first-order chi connectivity index (χ1) is 10.8. The van der Waals surface area contributed by atoms with Crippen LogP contribution in [0.25, 0.3) is 0 Å². The van der Waals surface area contributed by atoms with Crippen molar-refractivity contribution in [1.29, 1.82) is 0 Å². The molecular weight excluding hydrogens is 298 g/mol. The van der Waals surface area contributed by atoms with Crippen molar-refractivity contribution in [2.75, 3.05) is 13.2 Å². The molecule has 0 aliphatic rings. The molecule has 0 saturated heterocycles. The molecule has 0 radical (unpaired) electrons. The summed E-state index contributed by atoms with van der Waals surface area (Å²) in [5.74, 6) is 0.802. The lowest BCUT2D eigenvalue weighted by Crippen LogP contribution is -2.46. The molecule has 24 heavy (non-hydrogen) atoms. The average molecular weight is 336 g/mol. The monoisotopic (exact) mass is 335 g/mol. The Balaban J connectivity index is 2.42. The highest BCUT2D eigenvalue weighted by molar-refractivity contribution is 5.31. The molecule has 1 atom stereocenters. The summed E-state index contributed by atoms with van der Waals surface area (Å²) in [6.07, 6.45) is 0.522. The fourth-order valence-electron chi connectivity index (χ4n) is 3.08. The van der Waals surface area contributed by atoms with E-state index in [0.717, 1.165) is 12.2 Å². The minimum Gasteiger partial charge on any atom is -0.491 e. The van der Waals surface area contributed by atoms with Crippen LogP contribution in [0.3, 0.4) is 0 Å². The lowest BCUT2D eigenvalue weighted by Gasteiger charge is -2.34. The molecule has 0 aliphatic heterocycles. The molecule has 0 saturated carbocycles. The van der Waals surface area contributed by atoms with Gasteiger partial charge < -0.3 is 15.2 Å². The van der Waals surface area contributed by atoms with Gasteiger partial charge in [-0.1, -0.05) is 53.7 Å². The number of rotatable bonds is 7.